The number of aryl methyl sites for hydroxylation is 1. The predicted octanol–water partition coefficient (Wildman–Crippen LogP) is 2.57. The van der Waals surface area contributed by atoms with Gasteiger partial charge in [0.25, 0.3) is 0 Å². The van der Waals surface area contributed by atoms with Crippen LogP contribution in [0.4, 0.5) is 0 Å². The summed E-state index contributed by atoms with van der Waals surface area (Å²) in [5.41, 5.74) is 0.533. The van der Waals surface area contributed by atoms with Crippen LogP contribution in [0.2, 0.25) is 0 Å². The quantitative estimate of drug-likeness (QED) is 0.823. The van der Waals surface area contributed by atoms with Crippen LogP contribution < -0.4 is 0 Å². The van der Waals surface area contributed by atoms with Gasteiger partial charge in [0.1, 0.15) is 10.6 Å². The number of unbranched alkanes of at least 4 members (excludes halogenated alkanes) is 1. The second kappa shape index (κ2) is 6.07. The molecule has 2 aromatic rings. The van der Waals surface area contributed by atoms with Gasteiger partial charge in [0.2, 0.25) is 10.0 Å². The van der Waals surface area contributed by atoms with Gasteiger partial charge in [-0.2, -0.15) is 5.10 Å². The molecule has 0 bridgehead atoms. The van der Waals surface area contributed by atoms with Crippen LogP contribution in [0, 0.1) is 0 Å². The molecule has 0 saturated heterocycles. The average molecular weight is 313 g/mol. The van der Waals surface area contributed by atoms with E-state index in [2.05, 4.69) is 5.10 Å². The fourth-order valence-corrected chi connectivity index (χ4v) is 4.08. The molecule has 20 heavy (non-hydrogen) atoms. The van der Waals surface area contributed by atoms with Crippen molar-refractivity contribution in [3.05, 3.63) is 23.7 Å². The summed E-state index contributed by atoms with van der Waals surface area (Å²) in [4.78, 5) is 1.15. The molecule has 0 saturated carbocycles. The van der Waals surface area contributed by atoms with Gasteiger partial charge in [-0.3, -0.25) is 4.68 Å². The van der Waals surface area contributed by atoms with E-state index in [1.54, 1.807) is 25.0 Å². The van der Waals surface area contributed by atoms with E-state index in [0.29, 0.717) is 12.2 Å². The first-order valence-electron chi connectivity index (χ1n) is 6.50. The normalized spacial score (nSPS) is 12.2. The highest BCUT2D eigenvalue weighted by Crippen LogP contribution is 2.30. The second-order valence-corrected chi connectivity index (χ2v) is 7.63. The molecule has 0 aliphatic carbocycles. The summed E-state index contributed by atoms with van der Waals surface area (Å²) >= 11 is 1.49. The predicted molar refractivity (Wildman–Crippen MR) is 81.2 cm³/mol. The molecule has 110 valence electrons. The molecule has 0 aromatic carbocycles. The summed E-state index contributed by atoms with van der Waals surface area (Å²) in [6.07, 6.45) is 3.39. The van der Waals surface area contributed by atoms with Crippen molar-refractivity contribution >= 4 is 21.4 Å². The van der Waals surface area contributed by atoms with E-state index in [4.69, 9.17) is 0 Å². The summed E-state index contributed by atoms with van der Waals surface area (Å²) in [7, 11) is -0.131. The van der Waals surface area contributed by atoms with Gasteiger partial charge in [0, 0.05) is 26.8 Å². The van der Waals surface area contributed by atoms with E-state index in [1.165, 1.54) is 15.6 Å². The second-order valence-electron chi connectivity index (χ2n) is 4.67. The molecule has 0 aliphatic heterocycles. The van der Waals surface area contributed by atoms with Crippen LogP contribution in [0.3, 0.4) is 0 Å². The van der Waals surface area contributed by atoms with Gasteiger partial charge >= 0.3 is 0 Å². The zero-order valence-electron chi connectivity index (χ0n) is 11.9. The third kappa shape index (κ3) is 2.94. The number of sulfonamides is 1. The van der Waals surface area contributed by atoms with E-state index >= 15 is 0 Å². The van der Waals surface area contributed by atoms with Gasteiger partial charge in [-0.25, -0.2) is 12.7 Å². The molecule has 7 heteroatoms. The van der Waals surface area contributed by atoms with E-state index in [1.807, 2.05) is 24.4 Å². The Kier molecular flexibility index (Phi) is 4.62. The number of aromatic nitrogens is 2. The Bertz CT molecular complexity index is 660. The summed E-state index contributed by atoms with van der Waals surface area (Å²) in [6.45, 7) is 2.57. The zero-order valence-corrected chi connectivity index (χ0v) is 13.5. The minimum Gasteiger partial charge on any atom is -0.274 e. The Morgan fingerprint density at radius 1 is 1.45 bits per heavy atom. The van der Waals surface area contributed by atoms with Crippen molar-refractivity contribution in [3.63, 3.8) is 0 Å². The standard InChI is InChI=1S/C13H19N3O2S2/c1-4-5-8-16(3)20(17,18)12-10-15(2)14-13(12)11-7-6-9-19-11/h6-7,9-10H,4-5,8H2,1-3H3. The highest BCUT2D eigenvalue weighted by molar-refractivity contribution is 7.89. The van der Waals surface area contributed by atoms with E-state index in [-0.39, 0.29) is 4.90 Å². The first-order valence-corrected chi connectivity index (χ1v) is 8.82. The van der Waals surface area contributed by atoms with Crippen molar-refractivity contribution in [1.29, 1.82) is 0 Å². The number of rotatable bonds is 6. The maximum atomic E-state index is 12.6. The van der Waals surface area contributed by atoms with Crippen LogP contribution in [0.1, 0.15) is 19.8 Å². The molecule has 2 aromatic heterocycles. The van der Waals surface area contributed by atoms with Crippen LogP contribution in [-0.4, -0.2) is 36.1 Å². The number of thiophene rings is 1. The molecule has 5 nitrogen and oxygen atoms in total. The molecule has 0 spiro atoms. The SMILES string of the molecule is CCCCN(C)S(=O)(=O)c1cn(C)nc1-c1cccs1. The molecule has 2 rings (SSSR count). The van der Waals surface area contributed by atoms with Crippen molar-refractivity contribution in [2.75, 3.05) is 13.6 Å². The fourth-order valence-electron chi connectivity index (χ4n) is 1.91. The van der Waals surface area contributed by atoms with Crippen LogP contribution >= 0.6 is 11.3 Å². The average Bonchev–Trinajstić information content (AvgIpc) is 3.04. The molecule has 0 atom stereocenters. The van der Waals surface area contributed by atoms with Crippen LogP contribution in [0.15, 0.2) is 28.6 Å². The number of hydrogen-bond acceptors (Lipinski definition) is 4. The molecule has 2 heterocycles. The van der Waals surface area contributed by atoms with Gasteiger partial charge in [-0.15, -0.1) is 11.3 Å². The van der Waals surface area contributed by atoms with Crippen molar-refractivity contribution in [2.45, 2.75) is 24.7 Å². The van der Waals surface area contributed by atoms with Gasteiger partial charge in [-0.05, 0) is 17.9 Å². The summed E-state index contributed by atoms with van der Waals surface area (Å²) in [5, 5.41) is 6.22. The van der Waals surface area contributed by atoms with Crippen molar-refractivity contribution in [2.24, 2.45) is 7.05 Å². The van der Waals surface area contributed by atoms with E-state index < -0.39 is 10.0 Å². The third-order valence-electron chi connectivity index (χ3n) is 3.06. The van der Waals surface area contributed by atoms with E-state index in [0.717, 1.165) is 17.7 Å². The Labute approximate surface area is 123 Å². The minimum atomic E-state index is -3.49. The molecule has 0 radical (unpaired) electrons. The Morgan fingerprint density at radius 2 is 2.20 bits per heavy atom. The highest BCUT2D eigenvalue weighted by Gasteiger charge is 2.27. The van der Waals surface area contributed by atoms with Gasteiger partial charge in [-0.1, -0.05) is 19.4 Å². The number of nitrogens with zero attached hydrogens (tertiary/aromatic N) is 3. The lowest BCUT2D eigenvalue weighted by atomic mass is 10.3. The molecule has 0 N–H and O–H groups in total. The van der Waals surface area contributed by atoms with Crippen LogP contribution in [0.25, 0.3) is 10.6 Å². The summed E-state index contributed by atoms with van der Waals surface area (Å²) in [6, 6.07) is 3.78. The Balaban J connectivity index is 2.42. The van der Waals surface area contributed by atoms with Gasteiger partial charge in [0.15, 0.2) is 0 Å². The highest BCUT2D eigenvalue weighted by atomic mass is 32.2. The summed E-state index contributed by atoms with van der Waals surface area (Å²) < 4.78 is 28.2. The maximum absolute atomic E-state index is 12.6. The molecule has 0 unspecified atom stereocenters. The number of hydrogen-bond donors (Lipinski definition) is 0. The lowest BCUT2D eigenvalue weighted by molar-refractivity contribution is 0.459. The first-order chi connectivity index (χ1) is 9.46. The zero-order chi connectivity index (χ0) is 14.8. The molecule has 0 amide bonds. The van der Waals surface area contributed by atoms with Crippen molar-refractivity contribution < 1.29 is 8.42 Å². The lowest BCUT2D eigenvalue weighted by Crippen LogP contribution is -2.28. The molecular formula is C13H19N3O2S2. The lowest BCUT2D eigenvalue weighted by Gasteiger charge is -2.16. The fraction of sp³-hybridized carbons (Fsp3) is 0.462. The van der Waals surface area contributed by atoms with Crippen molar-refractivity contribution in [1.82, 2.24) is 14.1 Å². The van der Waals surface area contributed by atoms with Gasteiger partial charge in [0.05, 0.1) is 4.88 Å². The van der Waals surface area contributed by atoms with Crippen molar-refractivity contribution in [3.8, 4) is 10.6 Å². The van der Waals surface area contributed by atoms with Crippen LogP contribution in [-0.2, 0) is 17.1 Å². The third-order valence-corrected chi connectivity index (χ3v) is 5.80. The van der Waals surface area contributed by atoms with E-state index in [9.17, 15) is 8.42 Å². The monoisotopic (exact) mass is 313 g/mol. The minimum absolute atomic E-state index is 0.279. The Morgan fingerprint density at radius 3 is 2.80 bits per heavy atom. The maximum Gasteiger partial charge on any atom is 0.246 e. The molecule has 0 fully saturated rings. The molecular weight excluding hydrogens is 294 g/mol. The smallest absolute Gasteiger partial charge is 0.246 e. The summed E-state index contributed by atoms with van der Waals surface area (Å²) in [5.74, 6) is 0. The Hall–Kier alpha value is -1.18. The topological polar surface area (TPSA) is 55.2 Å². The van der Waals surface area contributed by atoms with Gasteiger partial charge < -0.3 is 0 Å². The van der Waals surface area contributed by atoms with Crippen LogP contribution in [0.5, 0.6) is 0 Å². The largest absolute Gasteiger partial charge is 0.274 e. The molecule has 0 aliphatic rings. The first kappa shape index (κ1) is 15.2.